The summed E-state index contributed by atoms with van der Waals surface area (Å²) in [7, 11) is 1.87. The number of ether oxygens (including phenoxy) is 2. The molecule has 0 fully saturated rings. The van der Waals surface area contributed by atoms with Gasteiger partial charge in [0.1, 0.15) is 6.61 Å². The van der Waals surface area contributed by atoms with Crippen LogP contribution in [0.15, 0.2) is 36.7 Å². The number of hydrazine groups is 1. The monoisotopic (exact) mass is 260 g/mol. The van der Waals surface area contributed by atoms with E-state index in [9.17, 15) is 0 Å². The molecule has 2 atom stereocenters. The van der Waals surface area contributed by atoms with Crippen molar-refractivity contribution < 1.29 is 9.47 Å². The topological polar surface area (TPSA) is 74.3 Å². The van der Waals surface area contributed by atoms with Gasteiger partial charge in [0.2, 0.25) is 0 Å². The highest BCUT2D eigenvalue weighted by atomic mass is 16.6. The van der Waals surface area contributed by atoms with Gasteiger partial charge in [0, 0.05) is 18.8 Å². The maximum absolute atomic E-state index is 5.94. The van der Waals surface area contributed by atoms with Gasteiger partial charge in [-0.3, -0.25) is 10.5 Å². The summed E-state index contributed by atoms with van der Waals surface area (Å²) in [6, 6.07) is 7.45. The van der Waals surface area contributed by atoms with Crippen LogP contribution in [-0.4, -0.2) is 22.5 Å². The molecule has 100 valence electrons. The van der Waals surface area contributed by atoms with Gasteiger partial charge >= 0.3 is 0 Å². The molecule has 2 aromatic rings. The molecule has 0 bridgehead atoms. The van der Waals surface area contributed by atoms with Crippen LogP contribution >= 0.6 is 0 Å². The lowest BCUT2D eigenvalue weighted by Crippen LogP contribution is -2.44. The summed E-state index contributed by atoms with van der Waals surface area (Å²) in [5.74, 6) is 7.15. The van der Waals surface area contributed by atoms with E-state index in [1.165, 1.54) is 0 Å². The van der Waals surface area contributed by atoms with Gasteiger partial charge in [0.05, 0.1) is 12.2 Å². The van der Waals surface area contributed by atoms with E-state index in [0.29, 0.717) is 6.61 Å². The lowest BCUT2D eigenvalue weighted by Gasteiger charge is -2.31. The fourth-order valence-electron chi connectivity index (χ4n) is 2.22. The summed E-state index contributed by atoms with van der Waals surface area (Å²) in [5, 5.41) is 4.15. The number of nitrogens with one attached hydrogen (secondary N) is 1. The number of aromatic nitrogens is 2. The quantitative estimate of drug-likeness (QED) is 0.629. The van der Waals surface area contributed by atoms with Gasteiger partial charge in [0.15, 0.2) is 17.6 Å². The highest BCUT2D eigenvalue weighted by molar-refractivity contribution is 5.41. The van der Waals surface area contributed by atoms with Gasteiger partial charge in [-0.25, -0.2) is 5.43 Å². The molecule has 2 unspecified atom stereocenters. The van der Waals surface area contributed by atoms with Gasteiger partial charge in [-0.2, -0.15) is 5.10 Å². The number of rotatable bonds is 3. The highest BCUT2D eigenvalue weighted by Crippen LogP contribution is 2.34. The van der Waals surface area contributed by atoms with Crippen molar-refractivity contribution in [2.24, 2.45) is 12.9 Å². The average Bonchev–Trinajstić information content (AvgIpc) is 2.86. The van der Waals surface area contributed by atoms with E-state index in [2.05, 4.69) is 10.5 Å². The highest BCUT2D eigenvalue weighted by Gasteiger charge is 2.30. The number of hydrogen-bond donors (Lipinski definition) is 2. The first-order chi connectivity index (χ1) is 9.28. The van der Waals surface area contributed by atoms with Crippen LogP contribution in [-0.2, 0) is 7.05 Å². The molecule has 3 N–H and O–H groups in total. The van der Waals surface area contributed by atoms with Crippen LogP contribution < -0.4 is 20.7 Å². The van der Waals surface area contributed by atoms with E-state index in [4.69, 9.17) is 15.3 Å². The molecule has 1 aromatic carbocycles. The first kappa shape index (κ1) is 12.0. The summed E-state index contributed by atoms with van der Waals surface area (Å²) < 4.78 is 13.4. The van der Waals surface area contributed by atoms with Crippen molar-refractivity contribution in [2.45, 2.75) is 12.1 Å². The van der Waals surface area contributed by atoms with Crippen molar-refractivity contribution >= 4 is 0 Å². The molecular weight excluding hydrogens is 244 g/mol. The molecule has 2 heterocycles. The molecular formula is C13H16N4O2. The predicted molar refractivity (Wildman–Crippen MR) is 69.6 cm³/mol. The molecule has 19 heavy (non-hydrogen) atoms. The van der Waals surface area contributed by atoms with Gasteiger partial charge in [0.25, 0.3) is 0 Å². The van der Waals surface area contributed by atoms with Gasteiger partial charge < -0.3 is 9.47 Å². The fraction of sp³-hybridized carbons (Fsp3) is 0.308. The van der Waals surface area contributed by atoms with E-state index < -0.39 is 0 Å². The van der Waals surface area contributed by atoms with Crippen molar-refractivity contribution in [3.05, 3.63) is 42.2 Å². The van der Waals surface area contributed by atoms with E-state index in [0.717, 1.165) is 17.1 Å². The third-order valence-corrected chi connectivity index (χ3v) is 3.17. The SMILES string of the molecule is Cn1cc(C(NN)C2COc3ccccc3O2)cn1. The largest absolute Gasteiger partial charge is 0.486 e. The van der Waals surface area contributed by atoms with Gasteiger partial charge in [-0.15, -0.1) is 0 Å². The van der Waals surface area contributed by atoms with Crippen LogP contribution in [0.25, 0.3) is 0 Å². The van der Waals surface area contributed by atoms with Crippen LogP contribution in [0, 0.1) is 0 Å². The van der Waals surface area contributed by atoms with Crippen LogP contribution in [0.1, 0.15) is 11.6 Å². The Balaban J connectivity index is 1.83. The average molecular weight is 260 g/mol. The summed E-state index contributed by atoms with van der Waals surface area (Å²) >= 11 is 0. The minimum absolute atomic E-state index is 0.165. The number of fused-ring (bicyclic) bond motifs is 1. The maximum Gasteiger partial charge on any atom is 0.161 e. The van der Waals surface area contributed by atoms with Crippen LogP contribution in [0.4, 0.5) is 0 Å². The molecule has 0 radical (unpaired) electrons. The zero-order valence-electron chi connectivity index (χ0n) is 10.6. The molecule has 0 saturated carbocycles. The maximum atomic E-state index is 5.94. The Morgan fingerprint density at radius 1 is 1.42 bits per heavy atom. The van der Waals surface area contributed by atoms with Gasteiger partial charge in [-0.1, -0.05) is 12.1 Å². The van der Waals surface area contributed by atoms with Crippen LogP contribution in [0.3, 0.4) is 0 Å². The van der Waals surface area contributed by atoms with E-state index in [1.54, 1.807) is 10.9 Å². The molecule has 0 spiro atoms. The first-order valence-electron chi connectivity index (χ1n) is 6.11. The van der Waals surface area contributed by atoms with Crippen molar-refractivity contribution in [2.75, 3.05) is 6.61 Å². The molecule has 1 aromatic heterocycles. The molecule has 6 nitrogen and oxygen atoms in total. The number of hydrogen-bond acceptors (Lipinski definition) is 5. The summed E-state index contributed by atoms with van der Waals surface area (Å²) in [6.45, 7) is 0.445. The zero-order chi connectivity index (χ0) is 13.2. The smallest absolute Gasteiger partial charge is 0.161 e. The number of aryl methyl sites for hydroxylation is 1. The predicted octanol–water partition coefficient (Wildman–Crippen LogP) is 0.764. The van der Waals surface area contributed by atoms with Crippen molar-refractivity contribution in [1.82, 2.24) is 15.2 Å². The molecule has 3 rings (SSSR count). The third kappa shape index (κ3) is 2.27. The number of benzene rings is 1. The second-order valence-electron chi connectivity index (χ2n) is 4.51. The lowest BCUT2D eigenvalue weighted by molar-refractivity contribution is 0.0617. The minimum Gasteiger partial charge on any atom is -0.486 e. The summed E-state index contributed by atoms with van der Waals surface area (Å²) in [4.78, 5) is 0. The Morgan fingerprint density at radius 2 is 2.21 bits per heavy atom. The molecule has 0 saturated heterocycles. The fourth-order valence-corrected chi connectivity index (χ4v) is 2.22. The molecule has 0 amide bonds. The van der Waals surface area contributed by atoms with E-state index in [1.807, 2.05) is 37.5 Å². The number of nitrogens with two attached hydrogens (primary N) is 1. The lowest BCUT2D eigenvalue weighted by atomic mass is 10.1. The number of para-hydroxylation sites is 2. The summed E-state index contributed by atoms with van der Waals surface area (Å²) in [5.41, 5.74) is 3.74. The zero-order valence-corrected chi connectivity index (χ0v) is 10.6. The van der Waals surface area contributed by atoms with E-state index in [-0.39, 0.29) is 12.1 Å². The Bertz CT molecular complexity index is 569. The van der Waals surface area contributed by atoms with Crippen LogP contribution in [0.5, 0.6) is 11.5 Å². The van der Waals surface area contributed by atoms with Crippen molar-refractivity contribution in [1.29, 1.82) is 0 Å². The Morgan fingerprint density at radius 3 is 2.89 bits per heavy atom. The first-order valence-corrected chi connectivity index (χ1v) is 6.11. The van der Waals surface area contributed by atoms with Crippen LogP contribution in [0.2, 0.25) is 0 Å². The molecule has 0 aliphatic carbocycles. The molecule has 6 heteroatoms. The Kier molecular flexibility index (Phi) is 3.10. The van der Waals surface area contributed by atoms with E-state index >= 15 is 0 Å². The molecule has 1 aliphatic rings. The Labute approximate surface area is 111 Å². The Hall–Kier alpha value is -2.05. The number of nitrogens with zero attached hydrogens (tertiary/aromatic N) is 2. The van der Waals surface area contributed by atoms with Crippen molar-refractivity contribution in [3.8, 4) is 11.5 Å². The summed E-state index contributed by atoms with van der Waals surface area (Å²) in [6.07, 6.45) is 3.49. The second-order valence-corrected chi connectivity index (χ2v) is 4.51. The van der Waals surface area contributed by atoms with Crippen molar-refractivity contribution in [3.63, 3.8) is 0 Å². The standard InChI is InChI=1S/C13H16N4O2/c1-17-7-9(6-15-17)13(16-14)12-8-18-10-4-2-3-5-11(10)19-12/h2-7,12-13,16H,8,14H2,1H3. The molecule has 1 aliphatic heterocycles. The second kappa shape index (κ2) is 4.91. The van der Waals surface area contributed by atoms with Gasteiger partial charge in [-0.05, 0) is 12.1 Å². The normalized spacial score (nSPS) is 19.2. The minimum atomic E-state index is -0.191. The third-order valence-electron chi connectivity index (χ3n) is 3.17.